The lowest BCUT2D eigenvalue weighted by atomic mass is 10.1. The smallest absolute Gasteiger partial charge is 0.188 e. The van der Waals surface area contributed by atoms with E-state index in [1.807, 2.05) is 18.2 Å². The molecule has 0 spiro atoms. The molecule has 1 atom stereocenters. The van der Waals surface area contributed by atoms with Crippen molar-refractivity contribution in [2.45, 2.75) is 13.0 Å². The number of nitrogens with one attached hydrogen (secondary N) is 1. The van der Waals surface area contributed by atoms with Crippen LogP contribution in [0.1, 0.15) is 17.2 Å². The largest absolute Gasteiger partial charge is 0.491 e. The summed E-state index contributed by atoms with van der Waals surface area (Å²) in [5.41, 5.74) is 3.20. The van der Waals surface area contributed by atoms with E-state index in [2.05, 4.69) is 33.6 Å². The summed E-state index contributed by atoms with van der Waals surface area (Å²) in [5, 5.41) is 16.2. The molecule has 27 heavy (non-hydrogen) atoms. The summed E-state index contributed by atoms with van der Waals surface area (Å²) < 4.78 is 21.5. The van der Waals surface area contributed by atoms with Crippen LogP contribution in [0.25, 0.3) is 17.0 Å². The third-order valence-electron chi connectivity index (χ3n) is 4.65. The number of aryl methyl sites for hydroxylation is 1. The molecule has 0 aliphatic carbocycles. The lowest BCUT2D eigenvalue weighted by molar-refractivity contribution is 0.339. The van der Waals surface area contributed by atoms with Gasteiger partial charge in [-0.3, -0.25) is 0 Å². The molecule has 1 unspecified atom stereocenters. The fourth-order valence-corrected chi connectivity index (χ4v) is 3.31. The molecule has 134 valence electrons. The molecular formula is C20H16FN5O. The Morgan fingerprint density at radius 2 is 2.00 bits per heavy atom. The van der Waals surface area contributed by atoms with E-state index < -0.39 is 0 Å². The summed E-state index contributed by atoms with van der Waals surface area (Å²) in [6.45, 7) is 2.58. The summed E-state index contributed by atoms with van der Waals surface area (Å²) >= 11 is 0. The molecule has 6 nitrogen and oxygen atoms in total. The highest BCUT2D eigenvalue weighted by atomic mass is 19.1. The standard InChI is InChI=1S/C20H16FN5O/c1-12-6-7-17-14(10-12)16(11-27-17)22-18-8-9-19-23-24-20(26(19)25-18)13-4-2-3-5-15(13)21/h2-10,16H,11H2,1H3,(H,22,25). The van der Waals surface area contributed by atoms with Crippen LogP contribution in [0.3, 0.4) is 0 Å². The van der Waals surface area contributed by atoms with E-state index >= 15 is 0 Å². The fraction of sp³-hybridized carbons (Fsp3) is 0.150. The molecule has 0 fully saturated rings. The molecule has 0 bridgehead atoms. The van der Waals surface area contributed by atoms with Gasteiger partial charge < -0.3 is 10.1 Å². The molecule has 0 amide bonds. The quantitative estimate of drug-likeness (QED) is 0.602. The molecule has 0 radical (unpaired) electrons. The summed E-state index contributed by atoms with van der Waals surface area (Å²) in [7, 11) is 0. The van der Waals surface area contributed by atoms with Gasteiger partial charge >= 0.3 is 0 Å². The number of hydrogen-bond donors (Lipinski definition) is 1. The Morgan fingerprint density at radius 3 is 2.89 bits per heavy atom. The van der Waals surface area contributed by atoms with Crippen LogP contribution in [0, 0.1) is 12.7 Å². The minimum Gasteiger partial charge on any atom is -0.491 e. The highest BCUT2D eigenvalue weighted by Crippen LogP contribution is 2.34. The molecule has 4 aromatic rings. The highest BCUT2D eigenvalue weighted by molar-refractivity contribution is 5.60. The summed E-state index contributed by atoms with van der Waals surface area (Å²) in [5.74, 6) is 1.53. The van der Waals surface area contributed by atoms with Gasteiger partial charge in [0.1, 0.15) is 24.0 Å². The van der Waals surface area contributed by atoms with Gasteiger partial charge in [-0.2, -0.15) is 4.52 Å². The molecule has 2 aromatic heterocycles. The van der Waals surface area contributed by atoms with Crippen molar-refractivity contribution in [3.05, 3.63) is 71.5 Å². The monoisotopic (exact) mass is 361 g/mol. The van der Waals surface area contributed by atoms with Gasteiger partial charge in [0.05, 0.1) is 11.6 Å². The van der Waals surface area contributed by atoms with Crippen LogP contribution >= 0.6 is 0 Å². The third-order valence-corrected chi connectivity index (χ3v) is 4.65. The maximum absolute atomic E-state index is 14.2. The van der Waals surface area contributed by atoms with Gasteiger partial charge in [-0.25, -0.2) is 4.39 Å². The number of rotatable bonds is 3. The molecule has 0 saturated heterocycles. The zero-order valence-corrected chi connectivity index (χ0v) is 14.6. The van der Waals surface area contributed by atoms with Gasteiger partial charge in [-0.15, -0.1) is 15.3 Å². The molecule has 2 aromatic carbocycles. The minimum atomic E-state index is -0.361. The third kappa shape index (κ3) is 2.68. The van der Waals surface area contributed by atoms with E-state index in [1.165, 1.54) is 11.6 Å². The predicted octanol–water partition coefficient (Wildman–Crippen LogP) is 3.78. The van der Waals surface area contributed by atoms with E-state index in [1.54, 1.807) is 28.8 Å². The molecule has 1 N–H and O–H groups in total. The Balaban J connectivity index is 1.52. The lowest BCUT2D eigenvalue weighted by Crippen LogP contribution is -2.14. The minimum absolute atomic E-state index is 0.00163. The first-order valence-electron chi connectivity index (χ1n) is 8.66. The predicted molar refractivity (Wildman–Crippen MR) is 99.2 cm³/mol. The zero-order chi connectivity index (χ0) is 18.4. The number of benzene rings is 2. The highest BCUT2D eigenvalue weighted by Gasteiger charge is 2.24. The number of ether oxygens (including phenoxy) is 1. The second-order valence-electron chi connectivity index (χ2n) is 6.54. The van der Waals surface area contributed by atoms with Crippen molar-refractivity contribution in [2.75, 3.05) is 11.9 Å². The second-order valence-corrected chi connectivity index (χ2v) is 6.54. The number of aromatic nitrogens is 4. The molecular weight excluding hydrogens is 345 g/mol. The topological polar surface area (TPSA) is 64.3 Å². The number of halogens is 1. The molecule has 7 heteroatoms. The van der Waals surface area contributed by atoms with Gasteiger partial charge in [0.15, 0.2) is 11.5 Å². The van der Waals surface area contributed by atoms with Crippen LogP contribution in [0.2, 0.25) is 0 Å². The SMILES string of the molecule is Cc1ccc2c(c1)C(Nc1ccc3nnc(-c4ccccc4F)n3n1)CO2. The van der Waals surface area contributed by atoms with E-state index in [4.69, 9.17) is 4.74 Å². The lowest BCUT2D eigenvalue weighted by Gasteiger charge is -2.13. The van der Waals surface area contributed by atoms with Gasteiger partial charge in [-0.05, 0) is 37.3 Å². The number of hydrogen-bond acceptors (Lipinski definition) is 5. The first-order valence-corrected chi connectivity index (χ1v) is 8.66. The van der Waals surface area contributed by atoms with Crippen molar-refractivity contribution in [1.29, 1.82) is 0 Å². The summed E-state index contributed by atoms with van der Waals surface area (Å²) in [6, 6.07) is 16.2. The van der Waals surface area contributed by atoms with Gasteiger partial charge in [-0.1, -0.05) is 29.8 Å². The van der Waals surface area contributed by atoms with Gasteiger partial charge in [0, 0.05) is 5.56 Å². The molecule has 1 aliphatic rings. The van der Waals surface area contributed by atoms with Crippen LogP contribution in [-0.2, 0) is 0 Å². The maximum atomic E-state index is 14.2. The van der Waals surface area contributed by atoms with Crippen LogP contribution in [0.15, 0.2) is 54.6 Å². The molecule has 0 saturated carbocycles. The number of anilines is 1. The van der Waals surface area contributed by atoms with Crippen molar-refractivity contribution in [1.82, 2.24) is 19.8 Å². The van der Waals surface area contributed by atoms with Crippen molar-refractivity contribution in [2.24, 2.45) is 0 Å². The Labute approximate surface area is 154 Å². The average Bonchev–Trinajstić information content (AvgIpc) is 3.26. The maximum Gasteiger partial charge on any atom is 0.188 e. The molecule has 5 rings (SSSR count). The van der Waals surface area contributed by atoms with Crippen molar-refractivity contribution < 1.29 is 9.13 Å². The van der Waals surface area contributed by atoms with Crippen molar-refractivity contribution >= 4 is 11.5 Å². The van der Waals surface area contributed by atoms with Crippen LogP contribution in [0.4, 0.5) is 10.2 Å². The van der Waals surface area contributed by atoms with Crippen molar-refractivity contribution in [3.63, 3.8) is 0 Å². The number of nitrogens with zero attached hydrogens (tertiary/aromatic N) is 4. The van der Waals surface area contributed by atoms with Crippen LogP contribution < -0.4 is 10.1 Å². The Kier molecular flexibility index (Phi) is 3.53. The first-order chi connectivity index (χ1) is 13.2. The fourth-order valence-electron chi connectivity index (χ4n) is 3.31. The van der Waals surface area contributed by atoms with Crippen LogP contribution in [-0.4, -0.2) is 26.4 Å². The normalized spacial score (nSPS) is 15.6. The van der Waals surface area contributed by atoms with Gasteiger partial charge in [0.25, 0.3) is 0 Å². The molecule has 1 aliphatic heterocycles. The van der Waals surface area contributed by atoms with E-state index in [9.17, 15) is 4.39 Å². The first kappa shape index (κ1) is 15.7. The number of fused-ring (bicyclic) bond motifs is 2. The van der Waals surface area contributed by atoms with E-state index in [-0.39, 0.29) is 11.9 Å². The molecule has 3 heterocycles. The zero-order valence-electron chi connectivity index (χ0n) is 14.6. The average molecular weight is 361 g/mol. The Morgan fingerprint density at radius 1 is 1.11 bits per heavy atom. The summed E-state index contributed by atoms with van der Waals surface area (Å²) in [4.78, 5) is 0. The second kappa shape index (κ2) is 6.05. The van der Waals surface area contributed by atoms with E-state index in [0.717, 1.165) is 11.3 Å². The van der Waals surface area contributed by atoms with E-state index in [0.29, 0.717) is 29.5 Å². The Bertz CT molecular complexity index is 1160. The van der Waals surface area contributed by atoms with Gasteiger partial charge in [0.2, 0.25) is 0 Å². The van der Waals surface area contributed by atoms with Crippen molar-refractivity contribution in [3.8, 4) is 17.1 Å². The summed E-state index contributed by atoms with van der Waals surface area (Å²) in [6.07, 6.45) is 0. The Hall–Kier alpha value is -3.48. The van der Waals surface area contributed by atoms with Crippen LogP contribution in [0.5, 0.6) is 5.75 Å².